The van der Waals surface area contributed by atoms with Crippen LogP contribution >= 0.6 is 0 Å². The monoisotopic (exact) mass is 349 g/mol. The highest BCUT2D eigenvalue weighted by Crippen LogP contribution is 2.25. The van der Waals surface area contributed by atoms with Crippen LogP contribution in [0.5, 0.6) is 0 Å². The third-order valence-corrected chi connectivity index (χ3v) is 4.93. The second-order valence-corrected chi connectivity index (χ2v) is 6.50. The lowest BCUT2D eigenvalue weighted by Gasteiger charge is -2.23. The van der Waals surface area contributed by atoms with Crippen LogP contribution in [0.3, 0.4) is 0 Å². The lowest BCUT2D eigenvalue weighted by atomic mass is 10.3. The number of anilines is 2. The van der Waals surface area contributed by atoms with Crippen LogP contribution in [-0.4, -0.2) is 60.3 Å². The van der Waals surface area contributed by atoms with Gasteiger partial charge in [-0.3, -0.25) is 4.40 Å². The van der Waals surface area contributed by atoms with E-state index in [-0.39, 0.29) is 0 Å². The van der Waals surface area contributed by atoms with Crippen molar-refractivity contribution in [3.8, 4) is 0 Å². The van der Waals surface area contributed by atoms with Gasteiger partial charge >= 0.3 is 0 Å². The Bertz CT molecular complexity index is 1070. The Kier molecular flexibility index (Phi) is 3.44. The molecule has 1 aliphatic heterocycles. The molecule has 9 nitrogen and oxygen atoms in total. The number of fused-ring (bicyclic) bond motifs is 2. The van der Waals surface area contributed by atoms with E-state index in [1.54, 1.807) is 18.9 Å². The maximum atomic E-state index is 4.57. The summed E-state index contributed by atoms with van der Waals surface area (Å²) in [4.78, 5) is 18.1. The molecular formula is C17H19N9. The van der Waals surface area contributed by atoms with Crippen LogP contribution in [0.25, 0.3) is 16.7 Å². The summed E-state index contributed by atoms with van der Waals surface area (Å²) < 4.78 is 3.93. The molecule has 26 heavy (non-hydrogen) atoms. The largest absolute Gasteiger partial charge is 0.354 e. The van der Waals surface area contributed by atoms with Crippen LogP contribution in [-0.2, 0) is 7.05 Å². The average molecular weight is 349 g/mol. The quantitative estimate of drug-likeness (QED) is 0.536. The van der Waals surface area contributed by atoms with Crippen molar-refractivity contribution in [1.82, 2.24) is 34.1 Å². The number of nitrogens with zero attached hydrogens (tertiary/aromatic N) is 9. The standard InChI is InChI=1S/C17H19N9/c1-23-7-3-13-14(23)19-11-20-15(13)24-5-2-6-25(10-9-24)16-17-22-21-12-26(17)8-4-18-16/h3-4,7-8,11-12H,2,5-6,9-10H2,1H3. The zero-order valence-corrected chi connectivity index (χ0v) is 14.5. The van der Waals surface area contributed by atoms with Crippen LogP contribution in [0.2, 0.25) is 0 Å². The molecular weight excluding hydrogens is 330 g/mol. The van der Waals surface area contributed by atoms with Gasteiger partial charge in [0.25, 0.3) is 0 Å². The summed E-state index contributed by atoms with van der Waals surface area (Å²) in [5.41, 5.74) is 1.76. The van der Waals surface area contributed by atoms with Crippen LogP contribution < -0.4 is 9.80 Å². The molecule has 1 fully saturated rings. The second-order valence-electron chi connectivity index (χ2n) is 6.50. The van der Waals surface area contributed by atoms with Crippen molar-refractivity contribution in [1.29, 1.82) is 0 Å². The smallest absolute Gasteiger partial charge is 0.203 e. The Hall–Kier alpha value is -3.23. The van der Waals surface area contributed by atoms with E-state index in [0.717, 1.165) is 60.9 Å². The highest BCUT2D eigenvalue weighted by atomic mass is 15.3. The van der Waals surface area contributed by atoms with Gasteiger partial charge in [0.15, 0.2) is 5.82 Å². The third kappa shape index (κ3) is 2.35. The Morgan fingerprint density at radius 3 is 2.62 bits per heavy atom. The number of aromatic nitrogens is 7. The molecule has 5 heterocycles. The lowest BCUT2D eigenvalue weighted by molar-refractivity contribution is 0.794. The van der Waals surface area contributed by atoms with E-state index in [9.17, 15) is 0 Å². The highest BCUT2D eigenvalue weighted by molar-refractivity contribution is 5.87. The fourth-order valence-electron chi connectivity index (χ4n) is 3.63. The van der Waals surface area contributed by atoms with Crippen molar-refractivity contribution >= 4 is 28.3 Å². The zero-order chi connectivity index (χ0) is 17.5. The Morgan fingerprint density at radius 2 is 1.73 bits per heavy atom. The van der Waals surface area contributed by atoms with Gasteiger partial charge in [-0.1, -0.05) is 0 Å². The lowest BCUT2D eigenvalue weighted by Crippen LogP contribution is -2.32. The van der Waals surface area contributed by atoms with E-state index in [1.807, 2.05) is 28.4 Å². The van der Waals surface area contributed by atoms with Crippen molar-refractivity contribution in [2.24, 2.45) is 7.05 Å². The molecule has 5 rings (SSSR count). The van der Waals surface area contributed by atoms with Crippen molar-refractivity contribution in [3.63, 3.8) is 0 Å². The molecule has 132 valence electrons. The normalized spacial score (nSPS) is 15.7. The number of hydrogen-bond donors (Lipinski definition) is 0. The van der Waals surface area contributed by atoms with Gasteiger partial charge in [0.2, 0.25) is 5.65 Å². The van der Waals surface area contributed by atoms with Crippen molar-refractivity contribution in [3.05, 3.63) is 37.3 Å². The van der Waals surface area contributed by atoms with Crippen molar-refractivity contribution < 1.29 is 0 Å². The fraction of sp³-hybridized carbons (Fsp3) is 0.353. The molecule has 0 saturated carbocycles. The molecule has 4 aromatic rings. The molecule has 0 spiro atoms. The van der Waals surface area contributed by atoms with Gasteiger partial charge in [0.05, 0.1) is 5.39 Å². The molecule has 0 amide bonds. The van der Waals surface area contributed by atoms with Gasteiger partial charge in [0.1, 0.15) is 24.1 Å². The van der Waals surface area contributed by atoms with Gasteiger partial charge in [0, 0.05) is 51.8 Å². The summed E-state index contributed by atoms with van der Waals surface area (Å²) in [6.07, 6.45) is 10.1. The third-order valence-electron chi connectivity index (χ3n) is 4.93. The predicted molar refractivity (Wildman–Crippen MR) is 98.3 cm³/mol. The van der Waals surface area contributed by atoms with Crippen molar-refractivity contribution in [2.45, 2.75) is 6.42 Å². The molecule has 9 heteroatoms. The molecule has 4 aromatic heterocycles. The summed E-state index contributed by atoms with van der Waals surface area (Å²) in [6, 6.07) is 2.09. The molecule has 0 aromatic carbocycles. The summed E-state index contributed by atoms with van der Waals surface area (Å²) in [7, 11) is 2.01. The van der Waals surface area contributed by atoms with E-state index in [1.165, 1.54) is 0 Å². The van der Waals surface area contributed by atoms with E-state index >= 15 is 0 Å². The summed E-state index contributed by atoms with van der Waals surface area (Å²) in [5.74, 6) is 1.89. The van der Waals surface area contributed by atoms with Gasteiger partial charge in [-0.25, -0.2) is 15.0 Å². The SMILES string of the molecule is Cn1ccc2c(N3CCCN(c4nccn5cnnc45)CC3)ncnc21. The van der Waals surface area contributed by atoms with Gasteiger partial charge in [-0.15, -0.1) is 10.2 Å². The molecule has 0 N–H and O–H groups in total. The first kappa shape index (κ1) is 15.1. The van der Waals surface area contributed by atoms with Crippen LogP contribution in [0.4, 0.5) is 11.6 Å². The number of rotatable bonds is 2. The minimum Gasteiger partial charge on any atom is -0.354 e. The van der Waals surface area contributed by atoms with Crippen LogP contribution in [0, 0.1) is 0 Å². The molecule has 1 aliphatic rings. The minimum absolute atomic E-state index is 0.799. The van der Waals surface area contributed by atoms with E-state index in [2.05, 4.69) is 41.0 Å². The number of aryl methyl sites for hydroxylation is 1. The van der Waals surface area contributed by atoms with Gasteiger partial charge in [-0.2, -0.15) is 0 Å². The summed E-state index contributed by atoms with van der Waals surface area (Å²) in [5, 5.41) is 9.31. The predicted octanol–water partition coefficient (Wildman–Crippen LogP) is 1.12. The number of hydrogen-bond acceptors (Lipinski definition) is 7. The molecule has 1 saturated heterocycles. The van der Waals surface area contributed by atoms with E-state index in [0.29, 0.717) is 0 Å². The molecule has 0 aliphatic carbocycles. The Balaban J connectivity index is 1.44. The van der Waals surface area contributed by atoms with E-state index in [4.69, 9.17) is 0 Å². The highest BCUT2D eigenvalue weighted by Gasteiger charge is 2.21. The molecule has 0 atom stereocenters. The molecule has 0 unspecified atom stereocenters. The van der Waals surface area contributed by atoms with Gasteiger partial charge in [-0.05, 0) is 12.5 Å². The van der Waals surface area contributed by atoms with Crippen LogP contribution in [0.15, 0.2) is 37.3 Å². The second kappa shape index (κ2) is 5.94. The van der Waals surface area contributed by atoms with E-state index < -0.39 is 0 Å². The fourth-order valence-corrected chi connectivity index (χ4v) is 3.63. The molecule has 0 bridgehead atoms. The van der Waals surface area contributed by atoms with Crippen molar-refractivity contribution in [2.75, 3.05) is 36.0 Å². The maximum absolute atomic E-state index is 4.57. The Morgan fingerprint density at radius 1 is 0.885 bits per heavy atom. The minimum atomic E-state index is 0.799. The van der Waals surface area contributed by atoms with Crippen LogP contribution in [0.1, 0.15) is 6.42 Å². The summed E-state index contributed by atoms with van der Waals surface area (Å²) >= 11 is 0. The summed E-state index contributed by atoms with van der Waals surface area (Å²) in [6.45, 7) is 3.61. The topological polar surface area (TPSA) is 80.3 Å². The first-order chi connectivity index (χ1) is 12.8. The zero-order valence-electron chi connectivity index (χ0n) is 14.5. The van der Waals surface area contributed by atoms with Gasteiger partial charge < -0.3 is 14.4 Å². The first-order valence-electron chi connectivity index (χ1n) is 8.71. The average Bonchev–Trinajstić information content (AvgIpc) is 3.22. The molecule has 0 radical (unpaired) electrons. The maximum Gasteiger partial charge on any atom is 0.203 e. The Labute approximate surface area is 149 Å². The first-order valence-corrected chi connectivity index (χ1v) is 8.71.